The summed E-state index contributed by atoms with van der Waals surface area (Å²) in [5.41, 5.74) is 5.29. The van der Waals surface area contributed by atoms with Crippen molar-refractivity contribution < 1.29 is 4.79 Å². The molecular weight excluding hydrogens is 342 g/mol. The quantitative estimate of drug-likeness (QED) is 0.408. The van der Waals surface area contributed by atoms with Crippen LogP contribution in [0, 0.1) is 0 Å². The van der Waals surface area contributed by atoms with Crippen molar-refractivity contribution in [3.63, 3.8) is 0 Å². The van der Waals surface area contributed by atoms with E-state index in [0.717, 1.165) is 22.3 Å². The van der Waals surface area contributed by atoms with Gasteiger partial charge in [-0.2, -0.15) is 0 Å². The Bertz CT molecular complexity index is 1040. The van der Waals surface area contributed by atoms with Gasteiger partial charge in [-0.3, -0.25) is 4.79 Å². The van der Waals surface area contributed by atoms with Crippen LogP contribution in [0.25, 0.3) is 11.1 Å². The van der Waals surface area contributed by atoms with Crippen LogP contribution in [0.3, 0.4) is 0 Å². The van der Waals surface area contributed by atoms with Crippen LogP contribution in [0.1, 0.15) is 21.5 Å². The van der Waals surface area contributed by atoms with E-state index in [2.05, 4.69) is 17.1 Å². The highest BCUT2D eigenvalue weighted by molar-refractivity contribution is 6.18. The zero-order chi connectivity index (χ0) is 19.2. The lowest BCUT2D eigenvalue weighted by molar-refractivity contribution is 0.100. The van der Waals surface area contributed by atoms with Gasteiger partial charge in [0.05, 0.1) is 5.71 Å². The van der Waals surface area contributed by atoms with E-state index >= 15 is 0 Å². The predicted octanol–water partition coefficient (Wildman–Crippen LogP) is 6.03. The number of carbonyl (C=O) groups excluding carboxylic acids is 1. The van der Waals surface area contributed by atoms with Gasteiger partial charge in [-0.05, 0) is 23.3 Å². The molecule has 0 aromatic heterocycles. The van der Waals surface area contributed by atoms with Gasteiger partial charge in [0.25, 0.3) is 5.91 Å². The average molecular weight is 361 g/mol. The molecule has 0 heterocycles. The number of benzene rings is 4. The molecule has 0 unspecified atom stereocenters. The summed E-state index contributed by atoms with van der Waals surface area (Å²) in [6.45, 7) is 0. The number of nitrogens with zero attached hydrogens (tertiary/aromatic N) is 1. The van der Waals surface area contributed by atoms with Crippen molar-refractivity contribution in [2.75, 3.05) is 0 Å². The number of amides is 1. The van der Waals surface area contributed by atoms with E-state index in [1.54, 1.807) is 0 Å². The summed E-state index contributed by atoms with van der Waals surface area (Å²) in [5.74, 6) is -0.248. The smallest absolute Gasteiger partial charge is 0.267 e. The molecule has 4 aromatic carbocycles. The summed E-state index contributed by atoms with van der Waals surface area (Å²) in [4.78, 5) is 17.3. The lowest BCUT2D eigenvalue weighted by Crippen LogP contribution is -2.07. The molecule has 0 saturated heterocycles. The molecule has 0 aliphatic heterocycles. The number of aliphatic imine (C=N–C) groups is 1. The highest BCUT2D eigenvalue weighted by Gasteiger charge is 2.11. The van der Waals surface area contributed by atoms with Gasteiger partial charge in [-0.1, -0.05) is 103 Å². The molecule has 28 heavy (non-hydrogen) atoms. The molecule has 0 aliphatic carbocycles. The molecule has 0 radical (unpaired) electrons. The maximum atomic E-state index is 12.9. The largest absolute Gasteiger partial charge is 0.277 e. The predicted molar refractivity (Wildman–Crippen MR) is 115 cm³/mol. The third-order valence-electron chi connectivity index (χ3n) is 4.55. The van der Waals surface area contributed by atoms with Crippen molar-refractivity contribution >= 4 is 11.6 Å². The second-order valence-corrected chi connectivity index (χ2v) is 6.44. The second-order valence-electron chi connectivity index (χ2n) is 6.44. The molecule has 4 rings (SSSR count). The molecule has 0 N–H and O–H groups in total. The molecule has 134 valence electrons. The minimum atomic E-state index is -0.248. The molecule has 0 atom stereocenters. The monoisotopic (exact) mass is 361 g/mol. The minimum absolute atomic E-state index is 0.248. The Labute approximate surface area is 164 Å². The standard InChI is InChI=1S/C26H19NO/c28-26(24-18-16-21(17-19-24)20-10-4-1-5-11-20)27-25(22-12-6-2-7-13-22)23-14-8-3-9-15-23/h1-19H. The van der Waals surface area contributed by atoms with Crippen molar-refractivity contribution in [3.05, 3.63) is 132 Å². The summed E-state index contributed by atoms with van der Waals surface area (Å²) >= 11 is 0. The van der Waals surface area contributed by atoms with Crippen LogP contribution < -0.4 is 0 Å². The molecule has 2 heteroatoms. The Morgan fingerprint density at radius 3 is 1.39 bits per heavy atom. The van der Waals surface area contributed by atoms with Crippen LogP contribution in [-0.2, 0) is 0 Å². The SMILES string of the molecule is O=C(N=C(c1ccccc1)c1ccccc1)c1ccc(-c2ccccc2)cc1. The Morgan fingerprint density at radius 1 is 0.464 bits per heavy atom. The first-order valence-corrected chi connectivity index (χ1v) is 9.20. The van der Waals surface area contributed by atoms with Gasteiger partial charge >= 0.3 is 0 Å². The lowest BCUT2D eigenvalue weighted by atomic mass is 10.0. The Morgan fingerprint density at radius 2 is 0.893 bits per heavy atom. The molecule has 0 aliphatic rings. The van der Waals surface area contributed by atoms with E-state index in [1.807, 2.05) is 103 Å². The number of carbonyl (C=O) groups is 1. The number of hydrogen-bond acceptors (Lipinski definition) is 1. The highest BCUT2D eigenvalue weighted by atomic mass is 16.1. The summed E-state index contributed by atoms with van der Waals surface area (Å²) < 4.78 is 0. The maximum absolute atomic E-state index is 12.9. The Kier molecular flexibility index (Phi) is 5.21. The molecule has 0 fully saturated rings. The molecule has 1 amide bonds. The van der Waals surface area contributed by atoms with Gasteiger partial charge in [0, 0.05) is 16.7 Å². The highest BCUT2D eigenvalue weighted by Crippen LogP contribution is 2.20. The summed E-state index contributed by atoms with van der Waals surface area (Å²) in [6.07, 6.45) is 0. The van der Waals surface area contributed by atoms with E-state index < -0.39 is 0 Å². The van der Waals surface area contributed by atoms with Crippen LogP contribution in [0.15, 0.2) is 120 Å². The summed E-state index contributed by atoms with van der Waals surface area (Å²) in [7, 11) is 0. The molecule has 4 aromatic rings. The van der Waals surface area contributed by atoms with Crippen LogP contribution in [0.4, 0.5) is 0 Å². The van der Waals surface area contributed by atoms with Gasteiger partial charge in [0.2, 0.25) is 0 Å². The van der Waals surface area contributed by atoms with Gasteiger partial charge in [0.1, 0.15) is 0 Å². The van der Waals surface area contributed by atoms with E-state index in [-0.39, 0.29) is 5.91 Å². The van der Waals surface area contributed by atoms with Crippen LogP contribution >= 0.6 is 0 Å². The Hall–Kier alpha value is -3.78. The summed E-state index contributed by atoms with van der Waals surface area (Å²) in [5, 5.41) is 0. The zero-order valence-corrected chi connectivity index (χ0v) is 15.3. The lowest BCUT2D eigenvalue weighted by Gasteiger charge is -2.07. The van der Waals surface area contributed by atoms with Gasteiger partial charge in [-0.15, -0.1) is 0 Å². The van der Waals surface area contributed by atoms with Crippen molar-refractivity contribution in [1.82, 2.24) is 0 Å². The topological polar surface area (TPSA) is 29.4 Å². The normalized spacial score (nSPS) is 10.3. The van der Waals surface area contributed by atoms with Crippen molar-refractivity contribution in [2.24, 2.45) is 4.99 Å². The van der Waals surface area contributed by atoms with Crippen LogP contribution in [0.2, 0.25) is 0 Å². The maximum Gasteiger partial charge on any atom is 0.277 e. The van der Waals surface area contributed by atoms with Gasteiger partial charge in [0.15, 0.2) is 0 Å². The molecule has 0 saturated carbocycles. The van der Waals surface area contributed by atoms with Gasteiger partial charge < -0.3 is 0 Å². The molecule has 0 bridgehead atoms. The fraction of sp³-hybridized carbons (Fsp3) is 0. The molecule has 0 spiro atoms. The fourth-order valence-corrected chi connectivity index (χ4v) is 3.09. The van der Waals surface area contributed by atoms with E-state index in [0.29, 0.717) is 11.3 Å². The Balaban J connectivity index is 1.68. The van der Waals surface area contributed by atoms with Crippen LogP contribution in [-0.4, -0.2) is 11.6 Å². The van der Waals surface area contributed by atoms with Crippen LogP contribution in [0.5, 0.6) is 0 Å². The first-order chi connectivity index (χ1) is 13.8. The first kappa shape index (κ1) is 17.6. The van der Waals surface area contributed by atoms with E-state index in [1.165, 1.54) is 0 Å². The van der Waals surface area contributed by atoms with Gasteiger partial charge in [-0.25, -0.2) is 4.99 Å². The summed E-state index contributed by atoms with van der Waals surface area (Å²) in [6, 6.07) is 37.3. The average Bonchev–Trinajstić information content (AvgIpc) is 2.79. The van der Waals surface area contributed by atoms with Crippen molar-refractivity contribution in [1.29, 1.82) is 0 Å². The molecular formula is C26H19NO. The third-order valence-corrected chi connectivity index (χ3v) is 4.55. The van der Waals surface area contributed by atoms with E-state index in [4.69, 9.17) is 0 Å². The number of rotatable bonds is 4. The zero-order valence-electron chi connectivity index (χ0n) is 15.3. The fourth-order valence-electron chi connectivity index (χ4n) is 3.09. The second kappa shape index (κ2) is 8.28. The minimum Gasteiger partial charge on any atom is -0.267 e. The van der Waals surface area contributed by atoms with Crippen molar-refractivity contribution in [3.8, 4) is 11.1 Å². The van der Waals surface area contributed by atoms with Crippen molar-refractivity contribution in [2.45, 2.75) is 0 Å². The van der Waals surface area contributed by atoms with E-state index in [9.17, 15) is 4.79 Å². The first-order valence-electron chi connectivity index (χ1n) is 9.20. The molecule has 2 nitrogen and oxygen atoms in total. The third kappa shape index (κ3) is 3.97. The number of hydrogen-bond donors (Lipinski definition) is 0.